The third-order valence-electron chi connectivity index (χ3n) is 4.35. The Morgan fingerprint density at radius 1 is 1.19 bits per heavy atom. The fourth-order valence-electron chi connectivity index (χ4n) is 2.81. The number of nitrogens with one attached hydrogen (secondary N) is 1. The smallest absolute Gasteiger partial charge is 0.245 e. The van der Waals surface area contributed by atoms with Gasteiger partial charge in [0.15, 0.2) is 0 Å². The van der Waals surface area contributed by atoms with Gasteiger partial charge in [-0.2, -0.15) is 5.10 Å². The predicted molar refractivity (Wildman–Crippen MR) is 106 cm³/mol. The Morgan fingerprint density at radius 3 is 2.54 bits per heavy atom. The maximum absolute atomic E-state index is 12.3. The van der Waals surface area contributed by atoms with Gasteiger partial charge in [-0.05, 0) is 43.0 Å². The Bertz CT molecular complexity index is 816. The molecule has 1 aliphatic rings. The van der Waals surface area contributed by atoms with Crippen molar-refractivity contribution in [2.24, 2.45) is 11.0 Å². The van der Waals surface area contributed by atoms with Crippen molar-refractivity contribution < 1.29 is 9.59 Å². The molecule has 2 aromatic carbocycles. The molecule has 1 aliphatic heterocycles. The molecule has 1 saturated heterocycles. The Kier molecular flexibility index (Phi) is 5.73. The number of carbonyl (C=O) groups excluding carboxylic acids is 2. The molecule has 2 aromatic rings. The zero-order valence-electron chi connectivity index (χ0n) is 14.8. The molecule has 0 unspecified atom stereocenters. The molecule has 0 spiro atoms. The van der Waals surface area contributed by atoms with Crippen molar-refractivity contribution in [2.45, 2.75) is 18.2 Å². The van der Waals surface area contributed by atoms with E-state index in [0.29, 0.717) is 6.54 Å². The summed E-state index contributed by atoms with van der Waals surface area (Å²) in [6.07, 6.45) is 3.83. The molecule has 0 aromatic heterocycles. The van der Waals surface area contributed by atoms with Crippen LogP contribution in [0.2, 0.25) is 0 Å². The van der Waals surface area contributed by atoms with E-state index < -0.39 is 0 Å². The van der Waals surface area contributed by atoms with Crippen molar-refractivity contribution in [3.05, 3.63) is 59.7 Å². The van der Waals surface area contributed by atoms with Gasteiger partial charge in [0, 0.05) is 23.5 Å². The lowest BCUT2D eigenvalue weighted by Gasteiger charge is -2.16. The summed E-state index contributed by atoms with van der Waals surface area (Å²) in [7, 11) is 0. The molecule has 5 nitrogen and oxygen atoms in total. The van der Waals surface area contributed by atoms with Crippen LogP contribution >= 0.6 is 11.8 Å². The summed E-state index contributed by atoms with van der Waals surface area (Å²) in [5, 5.41) is 4.01. The number of anilines is 1. The zero-order valence-corrected chi connectivity index (χ0v) is 15.6. The van der Waals surface area contributed by atoms with Crippen LogP contribution in [0.15, 0.2) is 58.5 Å². The van der Waals surface area contributed by atoms with Crippen molar-refractivity contribution in [1.29, 1.82) is 0 Å². The summed E-state index contributed by atoms with van der Waals surface area (Å²) in [6.45, 7) is 2.38. The molecule has 0 radical (unpaired) electrons. The number of thioether (sulfide) groups is 1. The largest absolute Gasteiger partial charge is 0.312 e. The molecule has 3 rings (SSSR count). The molecule has 1 heterocycles. The first kappa shape index (κ1) is 18.2. The number of amides is 2. The monoisotopic (exact) mass is 367 g/mol. The van der Waals surface area contributed by atoms with Crippen LogP contribution in [-0.4, -0.2) is 30.8 Å². The fraction of sp³-hybridized carbons (Fsp3) is 0.250. The predicted octanol–water partition coefficient (Wildman–Crippen LogP) is 3.22. The molecule has 26 heavy (non-hydrogen) atoms. The average molecular weight is 367 g/mol. The third kappa shape index (κ3) is 4.32. The third-order valence-corrected chi connectivity index (χ3v) is 5.09. The zero-order chi connectivity index (χ0) is 18.5. The molecular formula is C20H21N3O2S. The SMILES string of the molecule is CSc1ccc(/C=N/NC(=O)[C@H]2CC(=O)N(c3ccc(C)cc3)C2)cc1. The van der Waals surface area contributed by atoms with Gasteiger partial charge in [-0.3, -0.25) is 9.59 Å². The van der Waals surface area contributed by atoms with E-state index in [-0.39, 0.29) is 24.2 Å². The number of aryl methyl sites for hydroxylation is 1. The number of hydrogen-bond acceptors (Lipinski definition) is 4. The Labute approximate surface area is 157 Å². The van der Waals surface area contributed by atoms with Crippen LogP contribution in [0.25, 0.3) is 0 Å². The number of benzene rings is 2. The second-order valence-electron chi connectivity index (χ2n) is 6.25. The number of hydrogen-bond donors (Lipinski definition) is 1. The lowest BCUT2D eigenvalue weighted by Crippen LogP contribution is -2.30. The highest BCUT2D eigenvalue weighted by molar-refractivity contribution is 7.98. The van der Waals surface area contributed by atoms with E-state index in [2.05, 4.69) is 10.5 Å². The van der Waals surface area contributed by atoms with Gasteiger partial charge in [-0.1, -0.05) is 29.8 Å². The molecule has 1 fully saturated rings. The van der Waals surface area contributed by atoms with Crippen LogP contribution in [0.5, 0.6) is 0 Å². The van der Waals surface area contributed by atoms with Crippen LogP contribution < -0.4 is 10.3 Å². The van der Waals surface area contributed by atoms with E-state index in [9.17, 15) is 9.59 Å². The Hall–Kier alpha value is -2.60. The van der Waals surface area contributed by atoms with Crippen LogP contribution in [0.4, 0.5) is 5.69 Å². The minimum atomic E-state index is -0.389. The van der Waals surface area contributed by atoms with Crippen LogP contribution in [0.3, 0.4) is 0 Å². The van der Waals surface area contributed by atoms with Crippen molar-refractivity contribution >= 4 is 35.5 Å². The normalized spacial score (nSPS) is 17.1. The summed E-state index contributed by atoms with van der Waals surface area (Å²) in [6, 6.07) is 15.6. The molecule has 1 atom stereocenters. The maximum atomic E-state index is 12.3. The second-order valence-corrected chi connectivity index (χ2v) is 7.13. The van der Waals surface area contributed by atoms with E-state index >= 15 is 0 Å². The Balaban J connectivity index is 1.57. The van der Waals surface area contributed by atoms with E-state index in [1.165, 1.54) is 4.90 Å². The van der Waals surface area contributed by atoms with Gasteiger partial charge in [0.1, 0.15) is 0 Å². The van der Waals surface area contributed by atoms with Crippen molar-refractivity contribution in [3.8, 4) is 0 Å². The molecule has 1 N–H and O–H groups in total. The van der Waals surface area contributed by atoms with Crippen molar-refractivity contribution in [1.82, 2.24) is 5.43 Å². The summed E-state index contributed by atoms with van der Waals surface area (Å²) in [5.74, 6) is -0.657. The maximum Gasteiger partial charge on any atom is 0.245 e. The van der Waals surface area contributed by atoms with Crippen LogP contribution in [-0.2, 0) is 9.59 Å². The highest BCUT2D eigenvalue weighted by atomic mass is 32.2. The average Bonchev–Trinajstić information content (AvgIpc) is 3.05. The summed E-state index contributed by atoms with van der Waals surface area (Å²) in [5.41, 5.74) is 5.42. The molecule has 134 valence electrons. The fourth-order valence-corrected chi connectivity index (χ4v) is 3.22. The molecule has 6 heteroatoms. The van der Waals surface area contributed by atoms with Crippen LogP contribution in [0.1, 0.15) is 17.5 Å². The number of rotatable bonds is 5. The molecule has 0 saturated carbocycles. The van der Waals surface area contributed by atoms with Gasteiger partial charge >= 0.3 is 0 Å². The number of hydrazone groups is 1. The molecular weight excluding hydrogens is 346 g/mol. The minimum Gasteiger partial charge on any atom is -0.312 e. The minimum absolute atomic E-state index is 0.0364. The number of nitrogens with zero attached hydrogens (tertiary/aromatic N) is 2. The first-order valence-corrected chi connectivity index (χ1v) is 9.63. The summed E-state index contributed by atoms with van der Waals surface area (Å²) >= 11 is 1.67. The summed E-state index contributed by atoms with van der Waals surface area (Å²) in [4.78, 5) is 27.4. The van der Waals surface area contributed by atoms with E-state index in [0.717, 1.165) is 16.8 Å². The van der Waals surface area contributed by atoms with Crippen molar-refractivity contribution in [2.75, 3.05) is 17.7 Å². The molecule has 0 bridgehead atoms. The highest BCUT2D eigenvalue weighted by Gasteiger charge is 2.35. The summed E-state index contributed by atoms with van der Waals surface area (Å²) < 4.78 is 0. The molecule has 2 amide bonds. The number of carbonyl (C=O) groups is 2. The van der Waals surface area contributed by atoms with Crippen molar-refractivity contribution in [3.63, 3.8) is 0 Å². The first-order valence-electron chi connectivity index (χ1n) is 8.41. The topological polar surface area (TPSA) is 61.8 Å². The van der Waals surface area contributed by atoms with E-state index in [1.54, 1.807) is 22.9 Å². The van der Waals surface area contributed by atoms with E-state index in [4.69, 9.17) is 0 Å². The van der Waals surface area contributed by atoms with E-state index in [1.807, 2.05) is 61.7 Å². The van der Waals surface area contributed by atoms with Gasteiger partial charge in [-0.15, -0.1) is 11.8 Å². The Morgan fingerprint density at radius 2 is 1.88 bits per heavy atom. The highest BCUT2D eigenvalue weighted by Crippen LogP contribution is 2.25. The van der Waals surface area contributed by atoms with Gasteiger partial charge < -0.3 is 4.90 Å². The lowest BCUT2D eigenvalue weighted by atomic mass is 10.1. The van der Waals surface area contributed by atoms with Gasteiger partial charge in [0.25, 0.3) is 0 Å². The standard InChI is InChI=1S/C20H21N3O2S/c1-14-3-7-17(8-4-14)23-13-16(11-19(23)24)20(25)22-21-12-15-5-9-18(26-2)10-6-15/h3-10,12,16H,11,13H2,1-2H3,(H,22,25)/b21-12+/t16-/m0/s1. The lowest BCUT2D eigenvalue weighted by molar-refractivity contribution is -0.126. The molecule has 0 aliphatic carbocycles. The second kappa shape index (κ2) is 8.19. The van der Waals surface area contributed by atoms with Crippen LogP contribution in [0, 0.1) is 12.8 Å². The quantitative estimate of drug-likeness (QED) is 0.501. The van der Waals surface area contributed by atoms with Gasteiger partial charge in [-0.25, -0.2) is 5.43 Å². The van der Waals surface area contributed by atoms with Gasteiger partial charge in [0.05, 0.1) is 12.1 Å². The van der Waals surface area contributed by atoms with Gasteiger partial charge in [0.2, 0.25) is 11.8 Å². The first-order chi connectivity index (χ1) is 12.6.